The van der Waals surface area contributed by atoms with E-state index in [4.69, 9.17) is 19.9 Å². The van der Waals surface area contributed by atoms with Gasteiger partial charge in [0.2, 0.25) is 6.79 Å². The van der Waals surface area contributed by atoms with Gasteiger partial charge in [-0.15, -0.1) is 0 Å². The maximum atomic E-state index is 5.98. The summed E-state index contributed by atoms with van der Waals surface area (Å²) in [4.78, 5) is 0. The van der Waals surface area contributed by atoms with Crippen LogP contribution in [0.2, 0.25) is 0 Å². The molecule has 0 bridgehead atoms. The Morgan fingerprint density at radius 3 is 2.76 bits per heavy atom. The quantitative estimate of drug-likeness (QED) is 0.917. The lowest BCUT2D eigenvalue weighted by Crippen LogP contribution is -2.16. The summed E-state index contributed by atoms with van der Waals surface area (Å²) in [6, 6.07) is 14.0. The van der Waals surface area contributed by atoms with Crippen LogP contribution >= 0.6 is 0 Å². The molecular weight excluding hydrogens is 266 g/mol. The Morgan fingerprint density at radius 2 is 1.95 bits per heavy atom. The fourth-order valence-electron chi connectivity index (χ4n) is 2.46. The zero-order valence-electron chi connectivity index (χ0n) is 12.0. The Balaban J connectivity index is 1.70. The van der Waals surface area contributed by atoms with Crippen LogP contribution in [0.1, 0.15) is 22.8 Å². The van der Waals surface area contributed by atoms with Crippen LogP contribution in [0.25, 0.3) is 0 Å². The summed E-state index contributed by atoms with van der Waals surface area (Å²) in [5, 5.41) is 0. The zero-order valence-corrected chi connectivity index (χ0v) is 12.0. The van der Waals surface area contributed by atoms with Gasteiger partial charge in [-0.1, -0.05) is 30.3 Å². The monoisotopic (exact) mass is 285 g/mol. The van der Waals surface area contributed by atoms with Crippen molar-refractivity contribution in [3.63, 3.8) is 0 Å². The summed E-state index contributed by atoms with van der Waals surface area (Å²) in [6.07, 6.45) is -0.100. The summed E-state index contributed by atoms with van der Waals surface area (Å²) in [7, 11) is 0. The van der Waals surface area contributed by atoms with Crippen LogP contribution in [0, 0.1) is 6.92 Å². The molecule has 0 fully saturated rings. The largest absolute Gasteiger partial charge is 0.454 e. The number of rotatable bonds is 5. The van der Waals surface area contributed by atoms with Crippen molar-refractivity contribution in [2.24, 2.45) is 5.73 Å². The topological polar surface area (TPSA) is 53.7 Å². The number of hydrogen-bond acceptors (Lipinski definition) is 4. The molecule has 0 saturated carbocycles. The van der Waals surface area contributed by atoms with E-state index in [1.807, 2.05) is 30.3 Å². The highest BCUT2D eigenvalue weighted by Gasteiger charge is 2.15. The molecule has 2 N–H and O–H groups in total. The lowest BCUT2D eigenvalue weighted by Gasteiger charge is -2.18. The van der Waals surface area contributed by atoms with Gasteiger partial charge < -0.3 is 19.9 Å². The van der Waals surface area contributed by atoms with E-state index in [2.05, 4.69) is 19.1 Å². The minimum Gasteiger partial charge on any atom is -0.454 e. The predicted octanol–water partition coefficient (Wildman–Crippen LogP) is 2.94. The first-order valence-electron chi connectivity index (χ1n) is 7.03. The van der Waals surface area contributed by atoms with Crippen molar-refractivity contribution in [1.29, 1.82) is 0 Å². The van der Waals surface area contributed by atoms with E-state index < -0.39 is 0 Å². The van der Waals surface area contributed by atoms with Gasteiger partial charge in [-0.3, -0.25) is 0 Å². The van der Waals surface area contributed by atoms with Crippen molar-refractivity contribution in [3.8, 4) is 11.5 Å². The van der Waals surface area contributed by atoms with E-state index in [0.717, 1.165) is 22.6 Å². The van der Waals surface area contributed by atoms with Crippen molar-refractivity contribution in [3.05, 3.63) is 59.2 Å². The predicted molar refractivity (Wildman–Crippen MR) is 80.3 cm³/mol. The Hall–Kier alpha value is -2.04. The lowest BCUT2D eigenvalue weighted by atomic mass is 10.0. The van der Waals surface area contributed by atoms with Gasteiger partial charge >= 0.3 is 0 Å². The van der Waals surface area contributed by atoms with E-state index in [-0.39, 0.29) is 12.9 Å². The van der Waals surface area contributed by atoms with Crippen LogP contribution < -0.4 is 15.2 Å². The zero-order chi connectivity index (χ0) is 14.7. The van der Waals surface area contributed by atoms with Gasteiger partial charge in [0, 0.05) is 6.54 Å². The highest BCUT2D eigenvalue weighted by Crippen LogP contribution is 2.33. The Labute approximate surface area is 124 Å². The van der Waals surface area contributed by atoms with Crippen molar-refractivity contribution < 1.29 is 14.2 Å². The highest BCUT2D eigenvalue weighted by atomic mass is 16.7. The first-order valence-corrected chi connectivity index (χ1v) is 7.03. The number of aryl methyl sites for hydroxylation is 1. The van der Waals surface area contributed by atoms with Crippen molar-refractivity contribution >= 4 is 0 Å². The molecule has 110 valence electrons. The van der Waals surface area contributed by atoms with E-state index >= 15 is 0 Å². The van der Waals surface area contributed by atoms with Crippen LogP contribution in [0.5, 0.6) is 11.5 Å². The van der Waals surface area contributed by atoms with Crippen LogP contribution in [0.15, 0.2) is 42.5 Å². The fraction of sp³-hybridized carbons (Fsp3) is 0.294. The van der Waals surface area contributed by atoms with Gasteiger partial charge in [0.15, 0.2) is 11.5 Å². The first kappa shape index (κ1) is 13.9. The van der Waals surface area contributed by atoms with Crippen LogP contribution in [0.3, 0.4) is 0 Å². The third-order valence-electron chi connectivity index (χ3n) is 3.64. The minimum atomic E-state index is -0.100. The maximum Gasteiger partial charge on any atom is 0.231 e. The Bertz CT molecular complexity index is 627. The van der Waals surface area contributed by atoms with Gasteiger partial charge in [-0.2, -0.15) is 0 Å². The average molecular weight is 285 g/mol. The van der Waals surface area contributed by atoms with Gasteiger partial charge in [0.1, 0.15) is 0 Å². The van der Waals surface area contributed by atoms with Gasteiger partial charge in [0.05, 0.1) is 12.7 Å². The normalized spacial score (nSPS) is 14.2. The molecule has 0 aromatic heterocycles. The van der Waals surface area contributed by atoms with Crippen LogP contribution in [0.4, 0.5) is 0 Å². The van der Waals surface area contributed by atoms with E-state index in [0.29, 0.717) is 13.2 Å². The highest BCUT2D eigenvalue weighted by molar-refractivity contribution is 5.44. The Kier molecular flexibility index (Phi) is 4.08. The van der Waals surface area contributed by atoms with E-state index in [1.165, 1.54) is 5.56 Å². The average Bonchev–Trinajstić information content (AvgIpc) is 2.97. The standard InChI is InChI=1S/C17H19NO3/c1-12-4-2-3-5-14(12)17(9-18)19-10-13-6-7-15-16(8-13)21-11-20-15/h2-8,17H,9-11,18H2,1H3. The van der Waals surface area contributed by atoms with Gasteiger partial charge in [-0.25, -0.2) is 0 Å². The van der Waals surface area contributed by atoms with E-state index in [1.54, 1.807) is 0 Å². The molecule has 0 aliphatic carbocycles. The van der Waals surface area contributed by atoms with Crippen LogP contribution in [-0.4, -0.2) is 13.3 Å². The molecule has 0 saturated heterocycles. The van der Waals surface area contributed by atoms with Gasteiger partial charge in [0.25, 0.3) is 0 Å². The molecule has 1 aliphatic heterocycles. The molecule has 2 aromatic rings. The molecule has 21 heavy (non-hydrogen) atoms. The summed E-state index contributed by atoms with van der Waals surface area (Å²) in [5.74, 6) is 1.56. The minimum absolute atomic E-state index is 0.100. The van der Waals surface area contributed by atoms with Crippen molar-refractivity contribution in [1.82, 2.24) is 0 Å². The molecule has 4 nitrogen and oxygen atoms in total. The number of nitrogens with two attached hydrogens (primary N) is 1. The molecule has 1 heterocycles. The summed E-state index contributed by atoms with van der Waals surface area (Å²) < 4.78 is 16.7. The third-order valence-corrected chi connectivity index (χ3v) is 3.64. The number of benzene rings is 2. The molecule has 1 atom stereocenters. The summed E-state index contributed by atoms with van der Waals surface area (Å²) in [6.45, 7) is 3.30. The third kappa shape index (κ3) is 3.01. The van der Waals surface area contributed by atoms with Crippen molar-refractivity contribution in [2.75, 3.05) is 13.3 Å². The maximum absolute atomic E-state index is 5.98. The molecule has 1 aliphatic rings. The number of fused-ring (bicyclic) bond motifs is 1. The molecule has 0 amide bonds. The van der Waals surface area contributed by atoms with E-state index in [9.17, 15) is 0 Å². The summed E-state index contributed by atoms with van der Waals surface area (Å²) in [5.41, 5.74) is 9.24. The molecule has 1 unspecified atom stereocenters. The van der Waals surface area contributed by atoms with Crippen LogP contribution in [-0.2, 0) is 11.3 Å². The molecular formula is C17H19NO3. The smallest absolute Gasteiger partial charge is 0.231 e. The molecule has 0 radical (unpaired) electrons. The second-order valence-electron chi connectivity index (χ2n) is 5.08. The second-order valence-corrected chi connectivity index (χ2v) is 5.08. The second kappa shape index (κ2) is 6.16. The Morgan fingerprint density at radius 1 is 1.14 bits per heavy atom. The molecule has 4 heteroatoms. The summed E-state index contributed by atoms with van der Waals surface area (Å²) >= 11 is 0. The number of hydrogen-bond donors (Lipinski definition) is 1. The molecule has 3 rings (SSSR count). The number of ether oxygens (including phenoxy) is 3. The first-order chi connectivity index (χ1) is 10.3. The molecule has 0 spiro atoms. The van der Waals surface area contributed by atoms with Crippen molar-refractivity contribution in [2.45, 2.75) is 19.6 Å². The van der Waals surface area contributed by atoms with Gasteiger partial charge in [-0.05, 0) is 35.7 Å². The molecule has 2 aromatic carbocycles. The fourth-order valence-corrected chi connectivity index (χ4v) is 2.46. The SMILES string of the molecule is Cc1ccccc1C(CN)OCc1ccc2c(c1)OCO2. The lowest BCUT2D eigenvalue weighted by molar-refractivity contribution is 0.0452.